The van der Waals surface area contributed by atoms with Crippen molar-refractivity contribution in [3.05, 3.63) is 24.3 Å². The van der Waals surface area contributed by atoms with Gasteiger partial charge in [0.25, 0.3) is 0 Å². The fraction of sp³-hybridized carbons (Fsp3) is 0.467. The number of rotatable bonds is 4. The van der Waals surface area contributed by atoms with Crippen LogP contribution in [0.5, 0.6) is 0 Å². The number of aliphatic carboxylic acids is 1. The highest BCUT2D eigenvalue weighted by Gasteiger charge is 2.44. The van der Waals surface area contributed by atoms with Gasteiger partial charge in [-0.3, -0.25) is 14.9 Å². The van der Waals surface area contributed by atoms with E-state index in [0.29, 0.717) is 19.4 Å². The fourth-order valence-corrected chi connectivity index (χ4v) is 3.76. The molecule has 1 heterocycles. The van der Waals surface area contributed by atoms with Crippen LogP contribution in [0.25, 0.3) is 0 Å². The van der Waals surface area contributed by atoms with E-state index in [0.717, 1.165) is 22.8 Å². The first kappa shape index (κ1) is 14.4. The number of carbonyl (C=O) groups is 2. The minimum Gasteiger partial charge on any atom is -0.480 e. The van der Waals surface area contributed by atoms with Gasteiger partial charge in [0.15, 0.2) is 0 Å². The van der Waals surface area contributed by atoms with Gasteiger partial charge in [0.2, 0.25) is 5.91 Å². The normalized spacial score (nSPS) is 19.5. The Kier molecular flexibility index (Phi) is 3.91. The molecule has 0 atom stereocenters. The molecule has 112 valence electrons. The monoisotopic (exact) mass is 306 g/mol. The van der Waals surface area contributed by atoms with E-state index in [1.807, 2.05) is 24.3 Å². The van der Waals surface area contributed by atoms with Crippen molar-refractivity contribution >= 4 is 29.3 Å². The standard InChI is InChI=1S/C15H18N2O3S/c18-13(10-16-15(14(19)20)6-3-7-15)17-8-9-21-12-5-2-1-4-11(12)17/h1-2,4-5,16H,3,6-10H2,(H,19,20). The van der Waals surface area contributed by atoms with E-state index in [1.165, 1.54) is 0 Å². The average Bonchev–Trinajstić information content (AvgIpc) is 2.45. The Morgan fingerprint density at radius 1 is 1.33 bits per heavy atom. The fourth-order valence-electron chi connectivity index (χ4n) is 2.77. The second-order valence-corrected chi connectivity index (χ2v) is 6.59. The number of fused-ring (bicyclic) bond motifs is 1. The van der Waals surface area contributed by atoms with Gasteiger partial charge in [0.1, 0.15) is 5.54 Å². The van der Waals surface area contributed by atoms with Crippen molar-refractivity contribution in [2.24, 2.45) is 0 Å². The van der Waals surface area contributed by atoms with Gasteiger partial charge in [-0.15, -0.1) is 11.8 Å². The molecule has 3 rings (SSSR count). The number of thioether (sulfide) groups is 1. The van der Waals surface area contributed by atoms with Crippen molar-refractivity contribution in [2.75, 3.05) is 23.7 Å². The van der Waals surface area contributed by atoms with Crippen molar-refractivity contribution < 1.29 is 14.7 Å². The molecule has 1 fully saturated rings. The molecule has 1 aliphatic carbocycles. The zero-order valence-electron chi connectivity index (χ0n) is 11.7. The first-order valence-corrected chi connectivity index (χ1v) is 8.12. The molecule has 0 radical (unpaired) electrons. The number of hydrogen-bond donors (Lipinski definition) is 2. The highest BCUT2D eigenvalue weighted by atomic mass is 32.2. The minimum absolute atomic E-state index is 0.0599. The lowest BCUT2D eigenvalue weighted by molar-refractivity contribution is -0.148. The molecule has 1 amide bonds. The van der Waals surface area contributed by atoms with Crippen molar-refractivity contribution in [3.63, 3.8) is 0 Å². The van der Waals surface area contributed by atoms with E-state index in [4.69, 9.17) is 0 Å². The SMILES string of the molecule is O=C(CNC1(C(=O)O)CCC1)N1CCSc2ccccc21. The lowest BCUT2D eigenvalue weighted by Gasteiger charge is -2.39. The lowest BCUT2D eigenvalue weighted by atomic mass is 9.77. The number of anilines is 1. The van der Waals surface area contributed by atoms with Crippen LogP contribution in [-0.2, 0) is 9.59 Å². The Morgan fingerprint density at radius 2 is 2.10 bits per heavy atom. The number of benzene rings is 1. The van der Waals surface area contributed by atoms with Crippen LogP contribution < -0.4 is 10.2 Å². The molecule has 5 nitrogen and oxygen atoms in total. The van der Waals surface area contributed by atoms with Gasteiger partial charge in [-0.2, -0.15) is 0 Å². The Balaban J connectivity index is 1.68. The molecular weight excluding hydrogens is 288 g/mol. The molecular formula is C15H18N2O3S. The molecule has 0 bridgehead atoms. The Bertz CT molecular complexity index is 572. The van der Waals surface area contributed by atoms with E-state index in [9.17, 15) is 14.7 Å². The van der Waals surface area contributed by atoms with Crippen LogP contribution in [0.4, 0.5) is 5.69 Å². The Morgan fingerprint density at radius 3 is 2.76 bits per heavy atom. The van der Waals surface area contributed by atoms with Crippen molar-refractivity contribution in [3.8, 4) is 0 Å². The summed E-state index contributed by atoms with van der Waals surface area (Å²) in [4.78, 5) is 26.6. The molecule has 1 aromatic rings. The van der Waals surface area contributed by atoms with Crippen molar-refractivity contribution in [1.29, 1.82) is 0 Å². The van der Waals surface area contributed by atoms with Gasteiger partial charge < -0.3 is 10.0 Å². The number of carbonyl (C=O) groups excluding carboxylic acids is 1. The second kappa shape index (κ2) is 5.69. The van der Waals surface area contributed by atoms with Crippen LogP contribution in [-0.4, -0.2) is 41.4 Å². The summed E-state index contributed by atoms with van der Waals surface area (Å²) in [5.41, 5.74) is 0.0400. The predicted octanol–water partition coefficient (Wildman–Crippen LogP) is 1.72. The van der Waals surface area contributed by atoms with Crippen LogP contribution >= 0.6 is 11.8 Å². The van der Waals surface area contributed by atoms with E-state index < -0.39 is 11.5 Å². The second-order valence-electron chi connectivity index (χ2n) is 5.46. The molecule has 1 aromatic carbocycles. The zero-order chi connectivity index (χ0) is 14.9. The molecule has 6 heteroatoms. The number of carboxylic acid groups (broad SMARTS) is 1. The summed E-state index contributed by atoms with van der Waals surface area (Å²) in [6.07, 6.45) is 2.10. The first-order chi connectivity index (χ1) is 10.1. The van der Waals surface area contributed by atoms with Gasteiger partial charge >= 0.3 is 5.97 Å². The lowest BCUT2D eigenvalue weighted by Crippen LogP contribution is -2.59. The summed E-state index contributed by atoms with van der Waals surface area (Å²) in [6, 6.07) is 7.84. The van der Waals surface area contributed by atoms with Crippen LogP contribution in [0.15, 0.2) is 29.2 Å². The Labute approximate surface area is 127 Å². The number of nitrogens with one attached hydrogen (secondary N) is 1. The van der Waals surface area contributed by atoms with Gasteiger partial charge in [0.05, 0.1) is 12.2 Å². The summed E-state index contributed by atoms with van der Waals surface area (Å²) in [7, 11) is 0. The quantitative estimate of drug-likeness (QED) is 0.886. The molecule has 2 N–H and O–H groups in total. The highest BCUT2D eigenvalue weighted by molar-refractivity contribution is 7.99. The summed E-state index contributed by atoms with van der Waals surface area (Å²) < 4.78 is 0. The van der Waals surface area contributed by atoms with Crippen molar-refractivity contribution in [1.82, 2.24) is 5.32 Å². The zero-order valence-corrected chi connectivity index (χ0v) is 12.5. The molecule has 0 unspecified atom stereocenters. The molecule has 2 aliphatic rings. The van der Waals surface area contributed by atoms with Gasteiger partial charge in [-0.25, -0.2) is 0 Å². The Hall–Kier alpha value is -1.53. The smallest absolute Gasteiger partial charge is 0.323 e. The molecule has 0 spiro atoms. The number of nitrogens with zero attached hydrogens (tertiary/aromatic N) is 1. The summed E-state index contributed by atoms with van der Waals surface area (Å²) >= 11 is 1.75. The van der Waals surface area contributed by atoms with E-state index in [2.05, 4.69) is 5.32 Å². The third-order valence-corrected chi connectivity index (χ3v) is 5.27. The predicted molar refractivity (Wildman–Crippen MR) is 81.7 cm³/mol. The van der Waals surface area contributed by atoms with E-state index in [1.54, 1.807) is 16.7 Å². The van der Waals surface area contributed by atoms with Crippen LogP contribution in [0.3, 0.4) is 0 Å². The third-order valence-electron chi connectivity index (χ3n) is 4.22. The van der Waals surface area contributed by atoms with E-state index in [-0.39, 0.29) is 12.5 Å². The largest absolute Gasteiger partial charge is 0.480 e. The summed E-state index contributed by atoms with van der Waals surface area (Å²) in [5, 5.41) is 12.2. The van der Waals surface area contributed by atoms with E-state index >= 15 is 0 Å². The number of para-hydroxylation sites is 1. The number of carboxylic acids is 1. The maximum Gasteiger partial charge on any atom is 0.323 e. The van der Waals surface area contributed by atoms with Gasteiger partial charge in [-0.05, 0) is 31.4 Å². The number of amides is 1. The van der Waals surface area contributed by atoms with Crippen LogP contribution in [0, 0.1) is 0 Å². The molecule has 0 aromatic heterocycles. The third kappa shape index (κ3) is 2.65. The maximum absolute atomic E-state index is 12.4. The van der Waals surface area contributed by atoms with Gasteiger partial charge in [0, 0.05) is 17.2 Å². The summed E-state index contributed by atoms with van der Waals surface area (Å²) in [5.74, 6) is -0.0428. The van der Waals surface area contributed by atoms with Crippen LogP contribution in [0.2, 0.25) is 0 Å². The van der Waals surface area contributed by atoms with Gasteiger partial charge in [-0.1, -0.05) is 12.1 Å². The van der Waals surface area contributed by atoms with Crippen LogP contribution in [0.1, 0.15) is 19.3 Å². The molecule has 21 heavy (non-hydrogen) atoms. The summed E-state index contributed by atoms with van der Waals surface area (Å²) in [6.45, 7) is 0.744. The minimum atomic E-state index is -0.889. The van der Waals surface area contributed by atoms with Crippen molar-refractivity contribution in [2.45, 2.75) is 29.7 Å². The molecule has 1 aliphatic heterocycles. The highest BCUT2D eigenvalue weighted by Crippen LogP contribution is 2.35. The maximum atomic E-state index is 12.4. The number of hydrogen-bond acceptors (Lipinski definition) is 4. The molecule has 1 saturated carbocycles. The first-order valence-electron chi connectivity index (χ1n) is 7.13. The molecule has 0 saturated heterocycles. The average molecular weight is 306 g/mol. The topological polar surface area (TPSA) is 69.6 Å².